The maximum atomic E-state index is 12.6. The van der Waals surface area contributed by atoms with Gasteiger partial charge in [-0.1, -0.05) is 0 Å². The molecule has 2 fully saturated rings. The Morgan fingerprint density at radius 1 is 1.33 bits per heavy atom. The largest absolute Gasteiger partial charge is 0.379 e. The standard InChI is InChI=1S/C17H24ClN7O2/c18-17-22-14-13(20-11-21-14)15(23-17)25-4-1-2-12(10-25)16(26)19-3-5-24-6-8-27-9-7-24/h11-12H,1-10H2,(H,19,26)(H,20,21,22,23). The van der Waals surface area contributed by atoms with Gasteiger partial charge in [-0.25, -0.2) is 4.98 Å². The molecule has 2 aromatic heterocycles. The number of piperidine rings is 1. The number of fused-ring (bicyclic) bond motifs is 1. The Morgan fingerprint density at radius 2 is 2.19 bits per heavy atom. The van der Waals surface area contributed by atoms with E-state index in [4.69, 9.17) is 16.3 Å². The Morgan fingerprint density at radius 3 is 3.04 bits per heavy atom. The summed E-state index contributed by atoms with van der Waals surface area (Å²) in [4.78, 5) is 32.8. The van der Waals surface area contributed by atoms with Crippen LogP contribution in [0.1, 0.15) is 12.8 Å². The zero-order valence-corrected chi connectivity index (χ0v) is 15.9. The number of halogens is 1. The third kappa shape index (κ3) is 4.31. The molecule has 9 nitrogen and oxygen atoms in total. The summed E-state index contributed by atoms with van der Waals surface area (Å²) in [7, 11) is 0. The maximum absolute atomic E-state index is 12.6. The molecule has 4 rings (SSSR count). The molecule has 0 saturated carbocycles. The molecule has 0 radical (unpaired) electrons. The van der Waals surface area contributed by atoms with Crippen LogP contribution in [0.3, 0.4) is 0 Å². The van der Waals surface area contributed by atoms with Gasteiger partial charge in [-0.2, -0.15) is 9.97 Å². The first-order valence-corrected chi connectivity index (χ1v) is 9.78. The molecular formula is C17H24ClN7O2. The van der Waals surface area contributed by atoms with E-state index < -0.39 is 0 Å². The number of rotatable bonds is 5. The SMILES string of the molecule is O=C(NCCN1CCOCC1)C1CCCN(c2nc(Cl)nc3nc[nH]c23)C1. The summed E-state index contributed by atoms with van der Waals surface area (Å²) in [6.07, 6.45) is 3.39. The zero-order chi connectivity index (χ0) is 18.6. The van der Waals surface area contributed by atoms with Gasteiger partial charge in [-0.15, -0.1) is 0 Å². The van der Waals surface area contributed by atoms with Crippen molar-refractivity contribution in [3.8, 4) is 0 Å². The predicted molar refractivity (Wildman–Crippen MR) is 102 cm³/mol. The molecule has 4 heterocycles. The Labute approximate surface area is 162 Å². The van der Waals surface area contributed by atoms with E-state index in [2.05, 4.69) is 35.1 Å². The zero-order valence-electron chi connectivity index (χ0n) is 15.2. The molecule has 2 N–H and O–H groups in total. The number of carbonyl (C=O) groups excluding carboxylic acids is 1. The molecule has 1 unspecified atom stereocenters. The van der Waals surface area contributed by atoms with Crippen LogP contribution < -0.4 is 10.2 Å². The number of aromatic nitrogens is 4. The fourth-order valence-electron chi connectivity index (χ4n) is 3.71. The molecule has 2 aliphatic heterocycles. The molecule has 1 amide bonds. The van der Waals surface area contributed by atoms with Gasteiger partial charge in [0, 0.05) is 39.3 Å². The van der Waals surface area contributed by atoms with Crippen LogP contribution in [0.25, 0.3) is 11.2 Å². The molecule has 1 atom stereocenters. The average molecular weight is 394 g/mol. The lowest BCUT2D eigenvalue weighted by Crippen LogP contribution is -2.46. The number of carbonyl (C=O) groups is 1. The predicted octanol–water partition coefficient (Wildman–Crippen LogP) is 0.671. The summed E-state index contributed by atoms with van der Waals surface area (Å²) in [6, 6.07) is 0. The number of H-pyrrole nitrogens is 1. The van der Waals surface area contributed by atoms with Crippen molar-refractivity contribution in [3.05, 3.63) is 11.6 Å². The van der Waals surface area contributed by atoms with Crippen LogP contribution in [0, 0.1) is 5.92 Å². The van der Waals surface area contributed by atoms with Crippen LogP contribution >= 0.6 is 11.6 Å². The van der Waals surface area contributed by atoms with Crippen molar-refractivity contribution in [1.82, 2.24) is 30.2 Å². The second-order valence-electron chi connectivity index (χ2n) is 6.95. The van der Waals surface area contributed by atoms with E-state index in [0.717, 1.165) is 57.8 Å². The Balaban J connectivity index is 1.36. The summed E-state index contributed by atoms with van der Waals surface area (Å²) < 4.78 is 5.35. The number of hydrogen-bond donors (Lipinski definition) is 2. The number of imidazole rings is 1. The van der Waals surface area contributed by atoms with E-state index >= 15 is 0 Å². The number of nitrogens with one attached hydrogen (secondary N) is 2. The number of aromatic amines is 1. The van der Waals surface area contributed by atoms with E-state index in [1.807, 2.05) is 0 Å². The van der Waals surface area contributed by atoms with Gasteiger partial charge < -0.3 is 19.9 Å². The lowest BCUT2D eigenvalue weighted by molar-refractivity contribution is -0.125. The molecule has 10 heteroatoms. The third-order valence-corrected chi connectivity index (χ3v) is 5.33. The molecule has 27 heavy (non-hydrogen) atoms. The monoisotopic (exact) mass is 393 g/mol. The summed E-state index contributed by atoms with van der Waals surface area (Å²) in [5.74, 6) is 0.762. The lowest BCUT2D eigenvalue weighted by Gasteiger charge is -2.33. The minimum Gasteiger partial charge on any atom is -0.379 e. The molecule has 0 aromatic carbocycles. The topological polar surface area (TPSA) is 99.3 Å². The average Bonchev–Trinajstić information content (AvgIpc) is 3.16. The van der Waals surface area contributed by atoms with E-state index in [1.165, 1.54) is 0 Å². The highest BCUT2D eigenvalue weighted by Gasteiger charge is 2.28. The molecule has 0 spiro atoms. The molecule has 0 aliphatic carbocycles. The number of amides is 1. The van der Waals surface area contributed by atoms with Gasteiger partial charge in [-0.3, -0.25) is 9.69 Å². The molecule has 0 bridgehead atoms. The van der Waals surface area contributed by atoms with Crippen molar-refractivity contribution < 1.29 is 9.53 Å². The molecule has 2 saturated heterocycles. The van der Waals surface area contributed by atoms with Crippen LogP contribution in [-0.2, 0) is 9.53 Å². The summed E-state index contributed by atoms with van der Waals surface area (Å²) in [5, 5.41) is 3.26. The van der Waals surface area contributed by atoms with Gasteiger partial charge in [0.15, 0.2) is 11.5 Å². The molecular weight excluding hydrogens is 370 g/mol. The third-order valence-electron chi connectivity index (χ3n) is 5.16. The van der Waals surface area contributed by atoms with Gasteiger partial charge in [0.1, 0.15) is 5.52 Å². The van der Waals surface area contributed by atoms with Crippen LogP contribution in [-0.4, -0.2) is 83.2 Å². The van der Waals surface area contributed by atoms with Crippen LogP contribution in [0.4, 0.5) is 5.82 Å². The normalized spacial score (nSPS) is 21.5. The highest BCUT2D eigenvalue weighted by Crippen LogP contribution is 2.27. The van der Waals surface area contributed by atoms with E-state index in [-0.39, 0.29) is 17.1 Å². The number of hydrogen-bond acceptors (Lipinski definition) is 7. The van der Waals surface area contributed by atoms with Crippen molar-refractivity contribution in [2.45, 2.75) is 12.8 Å². The maximum Gasteiger partial charge on any atom is 0.226 e. The highest BCUT2D eigenvalue weighted by atomic mass is 35.5. The van der Waals surface area contributed by atoms with Crippen molar-refractivity contribution >= 4 is 34.5 Å². The quantitative estimate of drug-likeness (QED) is 0.720. The van der Waals surface area contributed by atoms with Crippen molar-refractivity contribution in [2.24, 2.45) is 5.92 Å². The van der Waals surface area contributed by atoms with Gasteiger partial charge in [0.2, 0.25) is 11.2 Å². The van der Waals surface area contributed by atoms with Crippen molar-refractivity contribution in [1.29, 1.82) is 0 Å². The molecule has 146 valence electrons. The minimum absolute atomic E-state index is 0.0600. The number of ether oxygens (including phenoxy) is 1. The Kier molecular flexibility index (Phi) is 5.70. The summed E-state index contributed by atoms with van der Waals surface area (Å²) >= 11 is 6.05. The lowest BCUT2D eigenvalue weighted by atomic mass is 9.97. The fraction of sp³-hybridized carbons (Fsp3) is 0.647. The first kappa shape index (κ1) is 18.4. The van der Waals surface area contributed by atoms with Gasteiger partial charge in [0.25, 0.3) is 0 Å². The van der Waals surface area contributed by atoms with Crippen molar-refractivity contribution in [2.75, 3.05) is 57.4 Å². The highest BCUT2D eigenvalue weighted by molar-refractivity contribution is 6.28. The van der Waals surface area contributed by atoms with E-state index in [0.29, 0.717) is 24.6 Å². The second kappa shape index (κ2) is 8.37. The first-order chi connectivity index (χ1) is 13.2. The van der Waals surface area contributed by atoms with Crippen LogP contribution in [0.5, 0.6) is 0 Å². The fourth-order valence-corrected chi connectivity index (χ4v) is 3.87. The van der Waals surface area contributed by atoms with Crippen molar-refractivity contribution in [3.63, 3.8) is 0 Å². The summed E-state index contributed by atoms with van der Waals surface area (Å²) in [6.45, 7) is 6.39. The van der Waals surface area contributed by atoms with Gasteiger partial charge >= 0.3 is 0 Å². The number of morpholine rings is 1. The first-order valence-electron chi connectivity index (χ1n) is 9.40. The molecule has 2 aliphatic rings. The van der Waals surface area contributed by atoms with Crippen LogP contribution in [0.2, 0.25) is 5.28 Å². The number of nitrogens with zero attached hydrogens (tertiary/aromatic N) is 5. The Bertz CT molecular complexity index is 793. The number of anilines is 1. The van der Waals surface area contributed by atoms with Crippen LogP contribution in [0.15, 0.2) is 6.33 Å². The van der Waals surface area contributed by atoms with Gasteiger partial charge in [-0.05, 0) is 24.4 Å². The van der Waals surface area contributed by atoms with Gasteiger partial charge in [0.05, 0.1) is 25.5 Å². The smallest absolute Gasteiger partial charge is 0.226 e. The summed E-state index contributed by atoms with van der Waals surface area (Å²) in [5.41, 5.74) is 1.30. The molecule has 2 aromatic rings. The minimum atomic E-state index is -0.0600. The second-order valence-corrected chi connectivity index (χ2v) is 7.29. The van der Waals surface area contributed by atoms with E-state index in [1.54, 1.807) is 6.33 Å². The Hall–Kier alpha value is -1.97. The van der Waals surface area contributed by atoms with E-state index in [9.17, 15) is 4.79 Å².